The smallest absolute Gasteiger partial charge is 0.291 e. The SMILES string of the molecule is CCCC(NC(=O)c1nc2nc(C)cc(C)n2n1)c1nccn1C. The van der Waals surface area contributed by atoms with Crippen molar-refractivity contribution in [3.05, 3.63) is 41.5 Å². The minimum absolute atomic E-state index is 0.117. The van der Waals surface area contributed by atoms with Crippen molar-refractivity contribution < 1.29 is 4.79 Å². The van der Waals surface area contributed by atoms with Gasteiger partial charge in [0.05, 0.1) is 6.04 Å². The zero-order chi connectivity index (χ0) is 17.3. The van der Waals surface area contributed by atoms with E-state index in [-0.39, 0.29) is 17.8 Å². The average Bonchev–Trinajstić information content (AvgIpc) is 3.13. The van der Waals surface area contributed by atoms with Gasteiger partial charge in [0.25, 0.3) is 11.7 Å². The Labute approximate surface area is 140 Å². The van der Waals surface area contributed by atoms with Gasteiger partial charge in [-0.25, -0.2) is 14.5 Å². The van der Waals surface area contributed by atoms with Gasteiger partial charge in [-0.15, -0.1) is 5.10 Å². The zero-order valence-electron chi connectivity index (χ0n) is 14.3. The Hall–Kier alpha value is -2.77. The van der Waals surface area contributed by atoms with Crippen LogP contribution >= 0.6 is 0 Å². The van der Waals surface area contributed by atoms with E-state index in [9.17, 15) is 4.79 Å². The largest absolute Gasteiger partial charge is 0.339 e. The normalized spacial score (nSPS) is 12.5. The van der Waals surface area contributed by atoms with Crippen molar-refractivity contribution in [1.29, 1.82) is 0 Å². The molecule has 8 heteroatoms. The second kappa shape index (κ2) is 6.38. The lowest BCUT2D eigenvalue weighted by molar-refractivity contribution is 0.0921. The van der Waals surface area contributed by atoms with Crippen molar-refractivity contribution in [2.24, 2.45) is 7.05 Å². The highest BCUT2D eigenvalue weighted by atomic mass is 16.2. The van der Waals surface area contributed by atoms with Crippen molar-refractivity contribution in [1.82, 2.24) is 34.4 Å². The van der Waals surface area contributed by atoms with Crippen LogP contribution < -0.4 is 5.32 Å². The molecule has 1 unspecified atom stereocenters. The highest BCUT2D eigenvalue weighted by Crippen LogP contribution is 2.16. The summed E-state index contributed by atoms with van der Waals surface area (Å²) < 4.78 is 3.49. The highest BCUT2D eigenvalue weighted by Gasteiger charge is 2.21. The van der Waals surface area contributed by atoms with E-state index in [1.165, 1.54) is 0 Å². The van der Waals surface area contributed by atoms with Crippen LogP contribution in [0, 0.1) is 13.8 Å². The maximum absolute atomic E-state index is 12.6. The Bertz CT molecular complexity index is 880. The molecule has 0 aliphatic rings. The van der Waals surface area contributed by atoms with Gasteiger partial charge in [-0.05, 0) is 26.3 Å². The summed E-state index contributed by atoms with van der Waals surface area (Å²) in [7, 11) is 1.91. The number of nitrogens with zero attached hydrogens (tertiary/aromatic N) is 6. The molecule has 8 nitrogen and oxygen atoms in total. The summed E-state index contributed by atoms with van der Waals surface area (Å²) in [5.74, 6) is 1.05. The Balaban J connectivity index is 1.88. The molecule has 0 aromatic carbocycles. The van der Waals surface area contributed by atoms with Gasteiger partial charge < -0.3 is 9.88 Å². The fourth-order valence-corrected chi connectivity index (χ4v) is 2.75. The van der Waals surface area contributed by atoms with Crippen LogP contribution in [0.15, 0.2) is 18.5 Å². The van der Waals surface area contributed by atoms with Gasteiger partial charge in [0.15, 0.2) is 0 Å². The Morgan fingerprint density at radius 1 is 1.33 bits per heavy atom. The van der Waals surface area contributed by atoms with Crippen molar-refractivity contribution in [2.75, 3.05) is 0 Å². The average molecular weight is 327 g/mol. The number of amides is 1. The topological polar surface area (TPSA) is 90.0 Å². The van der Waals surface area contributed by atoms with Gasteiger partial charge in [-0.3, -0.25) is 4.79 Å². The van der Waals surface area contributed by atoms with E-state index in [0.29, 0.717) is 5.78 Å². The second-order valence-electron chi connectivity index (χ2n) is 5.90. The number of rotatable bonds is 5. The number of carbonyl (C=O) groups is 1. The molecule has 24 heavy (non-hydrogen) atoms. The molecule has 0 saturated heterocycles. The monoisotopic (exact) mass is 327 g/mol. The first-order chi connectivity index (χ1) is 11.5. The van der Waals surface area contributed by atoms with Gasteiger partial charge in [0.1, 0.15) is 5.82 Å². The molecule has 1 N–H and O–H groups in total. The molecule has 0 bridgehead atoms. The first kappa shape index (κ1) is 16.1. The van der Waals surface area contributed by atoms with Gasteiger partial charge >= 0.3 is 0 Å². The summed E-state index contributed by atoms with van der Waals surface area (Å²) in [4.78, 5) is 25.5. The zero-order valence-corrected chi connectivity index (χ0v) is 14.3. The summed E-state index contributed by atoms with van der Waals surface area (Å²) >= 11 is 0. The van der Waals surface area contributed by atoms with Crippen LogP contribution in [-0.4, -0.2) is 35.0 Å². The third-order valence-corrected chi connectivity index (χ3v) is 3.87. The summed E-state index contributed by atoms with van der Waals surface area (Å²) in [6, 6.07) is 1.72. The molecule has 0 radical (unpaired) electrons. The van der Waals surface area contributed by atoms with Crippen LogP contribution in [0.3, 0.4) is 0 Å². The van der Waals surface area contributed by atoms with E-state index in [1.54, 1.807) is 10.7 Å². The lowest BCUT2D eigenvalue weighted by Crippen LogP contribution is -2.31. The lowest BCUT2D eigenvalue weighted by atomic mass is 10.1. The Morgan fingerprint density at radius 2 is 2.12 bits per heavy atom. The third-order valence-electron chi connectivity index (χ3n) is 3.87. The molecule has 0 fully saturated rings. The number of nitrogens with one attached hydrogen (secondary N) is 1. The van der Waals surface area contributed by atoms with E-state index < -0.39 is 0 Å². The van der Waals surface area contributed by atoms with Crippen LogP contribution in [0.4, 0.5) is 0 Å². The van der Waals surface area contributed by atoms with Crippen LogP contribution in [0.25, 0.3) is 5.78 Å². The lowest BCUT2D eigenvalue weighted by Gasteiger charge is -2.16. The van der Waals surface area contributed by atoms with E-state index >= 15 is 0 Å². The first-order valence-electron chi connectivity index (χ1n) is 7.98. The molecule has 0 saturated carbocycles. The number of fused-ring (bicyclic) bond motifs is 1. The maximum Gasteiger partial charge on any atom is 0.291 e. The van der Waals surface area contributed by atoms with Crippen molar-refractivity contribution >= 4 is 11.7 Å². The quantitative estimate of drug-likeness (QED) is 0.771. The van der Waals surface area contributed by atoms with Gasteiger partial charge in [-0.2, -0.15) is 4.98 Å². The first-order valence-corrected chi connectivity index (χ1v) is 7.98. The maximum atomic E-state index is 12.6. The van der Waals surface area contributed by atoms with E-state index in [0.717, 1.165) is 30.1 Å². The summed E-state index contributed by atoms with van der Waals surface area (Å²) in [5, 5.41) is 7.26. The van der Waals surface area contributed by atoms with Gasteiger partial charge in [0.2, 0.25) is 5.82 Å². The van der Waals surface area contributed by atoms with Gasteiger partial charge in [0, 0.05) is 30.8 Å². The van der Waals surface area contributed by atoms with Crippen molar-refractivity contribution in [2.45, 2.75) is 39.7 Å². The van der Waals surface area contributed by atoms with E-state index in [4.69, 9.17) is 0 Å². The summed E-state index contributed by atoms with van der Waals surface area (Å²) in [5.41, 5.74) is 1.73. The number of hydrogen-bond donors (Lipinski definition) is 1. The second-order valence-corrected chi connectivity index (χ2v) is 5.90. The third kappa shape index (κ3) is 2.99. The minimum atomic E-state index is -0.320. The van der Waals surface area contributed by atoms with Crippen LogP contribution in [0.5, 0.6) is 0 Å². The molecule has 3 aromatic rings. The molecule has 1 amide bonds. The van der Waals surface area contributed by atoms with Crippen molar-refractivity contribution in [3.8, 4) is 0 Å². The molecule has 0 aliphatic carbocycles. The molecule has 3 aromatic heterocycles. The number of imidazole rings is 1. The number of aromatic nitrogens is 6. The molecular formula is C16H21N7O. The predicted octanol–water partition coefficient (Wildman–Crippen LogP) is 1.75. The minimum Gasteiger partial charge on any atom is -0.339 e. The molecule has 1 atom stereocenters. The van der Waals surface area contributed by atoms with Crippen LogP contribution in [-0.2, 0) is 7.05 Å². The van der Waals surface area contributed by atoms with Crippen LogP contribution in [0.1, 0.15) is 53.6 Å². The summed E-state index contributed by atoms with van der Waals surface area (Å²) in [6.45, 7) is 5.87. The van der Waals surface area contributed by atoms with Crippen LogP contribution in [0.2, 0.25) is 0 Å². The van der Waals surface area contributed by atoms with Crippen molar-refractivity contribution in [3.63, 3.8) is 0 Å². The molecule has 3 rings (SSSR count). The molecule has 3 heterocycles. The molecule has 0 aliphatic heterocycles. The molecule has 0 spiro atoms. The number of aryl methyl sites for hydroxylation is 3. The predicted molar refractivity (Wildman–Crippen MR) is 88.6 cm³/mol. The number of carbonyl (C=O) groups excluding carboxylic acids is 1. The van der Waals surface area contributed by atoms with Gasteiger partial charge in [-0.1, -0.05) is 13.3 Å². The fourth-order valence-electron chi connectivity index (χ4n) is 2.75. The summed E-state index contributed by atoms with van der Waals surface area (Å²) in [6.07, 6.45) is 5.31. The standard InChI is InChI=1S/C16H21N7O/c1-5-6-12(14-17-7-8-22(14)4)19-15(24)13-20-16-18-10(2)9-11(3)23(16)21-13/h7-9,12H,5-6H2,1-4H3,(H,19,24). The number of hydrogen-bond acceptors (Lipinski definition) is 5. The van der Waals surface area contributed by atoms with E-state index in [2.05, 4.69) is 32.3 Å². The molecular weight excluding hydrogens is 306 g/mol. The molecule has 126 valence electrons. The highest BCUT2D eigenvalue weighted by molar-refractivity contribution is 5.91. The fraction of sp³-hybridized carbons (Fsp3) is 0.438. The van der Waals surface area contributed by atoms with E-state index in [1.807, 2.05) is 37.7 Å². The Kier molecular flexibility index (Phi) is 4.28. The Morgan fingerprint density at radius 3 is 2.79 bits per heavy atom.